The molecule has 0 aliphatic heterocycles. The number of nitrogens with one attached hydrogen (secondary N) is 2. The molecule has 84 valence electrons. The number of para-hydroxylation sites is 1. The maximum Gasteiger partial charge on any atom is 0.253 e. The van der Waals surface area contributed by atoms with E-state index in [1.54, 1.807) is 6.07 Å². The Balaban J connectivity index is 2.70. The number of carbonyl (C=O) groups excluding carboxylic acids is 1. The maximum absolute atomic E-state index is 11.8. The van der Waals surface area contributed by atoms with Gasteiger partial charge in [-0.3, -0.25) is 4.79 Å². The van der Waals surface area contributed by atoms with Gasteiger partial charge in [-0.2, -0.15) is 0 Å². The van der Waals surface area contributed by atoms with Crippen LogP contribution in [0.15, 0.2) is 24.3 Å². The zero-order valence-corrected chi connectivity index (χ0v) is 9.42. The first-order valence-electron chi connectivity index (χ1n) is 5.34. The number of anilines is 1. The fourth-order valence-corrected chi connectivity index (χ4v) is 1.37. The SMILES string of the molecule is C#CCCNC(=O)c1ccccc1NCC. The molecule has 2 N–H and O–H groups in total. The van der Waals surface area contributed by atoms with Crippen molar-refractivity contribution in [2.24, 2.45) is 0 Å². The van der Waals surface area contributed by atoms with E-state index in [4.69, 9.17) is 6.42 Å². The van der Waals surface area contributed by atoms with Crippen LogP contribution in [0, 0.1) is 12.3 Å². The molecule has 0 spiro atoms. The van der Waals surface area contributed by atoms with Crippen molar-refractivity contribution in [1.29, 1.82) is 0 Å². The van der Waals surface area contributed by atoms with Crippen molar-refractivity contribution in [3.63, 3.8) is 0 Å². The number of hydrogen-bond donors (Lipinski definition) is 2. The van der Waals surface area contributed by atoms with Gasteiger partial charge in [0.05, 0.1) is 5.56 Å². The van der Waals surface area contributed by atoms with Gasteiger partial charge >= 0.3 is 0 Å². The number of terminal acetylenes is 1. The Morgan fingerprint density at radius 2 is 2.19 bits per heavy atom. The van der Waals surface area contributed by atoms with Crippen LogP contribution >= 0.6 is 0 Å². The number of carbonyl (C=O) groups is 1. The lowest BCUT2D eigenvalue weighted by Crippen LogP contribution is -2.25. The summed E-state index contributed by atoms with van der Waals surface area (Å²) in [5.41, 5.74) is 1.50. The van der Waals surface area contributed by atoms with Crippen molar-refractivity contribution in [2.45, 2.75) is 13.3 Å². The minimum Gasteiger partial charge on any atom is -0.385 e. The fourth-order valence-electron chi connectivity index (χ4n) is 1.37. The molecular formula is C13H16N2O. The summed E-state index contributed by atoms with van der Waals surface area (Å²) >= 11 is 0. The van der Waals surface area contributed by atoms with Gasteiger partial charge in [0.1, 0.15) is 0 Å². The van der Waals surface area contributed by atoms with E-state index in [2.05, 4.69) is 16.6 Å². The van der Waals surface area contributed by atoms with Crippen LogP contribution in [0.3, 0.4) is 0 Å². The molecule has 0 bridgehead atoms. The van der Waals surface area contributed by atoms with Gasteiger partial charge in [0.15, 0.2) is 0 Å². The first-order valence-corrected chi connectivity index (χ1v) is 5.34. The molecule has 0 saturated heterocycles. The standard InChI is InChI=1S/C13H16N2O/c1-3-5-10-15-13(16)11-8-6-7-9-12(11)14-4-2/h1,6-9,14H,4-5,10H2,2H3,(H,15,16). The van der Waals surface area contributed by atoms with Crippen LogP contribution in [0.1, 0.15) is 23.7 Å². The molecule has 1 aromatic carbocycles. The van der Waals surface area contributed by atoms with Crippen LogP contribution in [-0.4, -0.2) is 19.0 Å². The minimum absolute atomic E-state index is 0.0909. The summed E-state index contributed by atoms with van der Waals surface area (Å²) in [5, 5.41) is 5.92. The Kier molecular flexibility index (Phi) is 4.94. The van der Waals surface area contributed by atoms with Gasteiger partial charge in [-0.1, -0.05) is 12.1 Å². The van der Waals surface area contributed by atoms with Crippen molar-refractivity contribution in [1.82, 2.24) is 5.32 Å². The third-order valence-electron chi connectivity index (χ3n) is 2.09. The molecule has 0 aliphatic carbocycles. The van der Waals surface area contributed by atoms with Crippen molar-refractivity contribution >= 4 is 11.6 Å². The number of hydrogen-bond acceptors (Lipinski definition) is 2. The summed E-state index contributed by atoms with van der Waals surface area (Å²) < 4.78 is 0. The van der Waals surface area contributed by atoms with E-state index >= 15 is 0 Å². The van der Waals surface area contributed by atoms with Crippen molar-refractivity contribution < 1.29 is 4.79 Å². The molecule has 0 fully saturated rings. The lowest BCUT2D eigenvalue weighted by molar-refractivity contribution is 0.0955. The molecule has 3 heteroatoms. The highest BCUT2D eigenvalue weighted by molar-refractivity contribution is 5.99. The van der Waals surface area contributed by atoms with Crippen molar-refractivity contribution in [2.75, 3.05) is 18.4 Å². The monoisotopic (exact) mass is 216 g/mol. The van der Waals surface area contributed by atoms with Crippen LogP contribution in [0.4, 0.5) is 5.69 Å². The van der Waals surface area contributed by atoms with E-state index in [1.165, 1.54) is 0 Å². The Morgan fingerprint density at radius 1 is 1.44 bits per heavy atom. The van der Waals surface area contributed by atoms with E-state index in [-0.39, 0.29) is 5.91 Å². The van der Waals surface area contributed by atoms with Crippen LogP contribution in [0.25, 0.3) is 0 Å². The number of amides is 1. The average molecular weight is 216 g/mol. The second-order valence-corrected chi connectivity index (χ2v) is 3.29. The lowest BCUT2D eigenvalue weighted by Gasteiger charge is -2.10. The molecule has 16 heavy (non-hydrogen) atoms. The van der Waals surface area contributed by atoms with Crippen molar-refractivity contribution in [3.8, 4) is 12.3 Å². The topological polar surface area (TPSA) is 41.1 Å². The van der Waals surface area contributed by atoms with Gasteiger partial charge in [-0.25, -0.2) is 0 Å². The maximum atomic E-state index is 11.8. The van der Waals surface area contributed by atoms with Crippen LogP contribution < -0.4 is 10.6 Å². The fraction of sp³-hybridized carbons (Fsp3) is 0.308. The molecule has 0 radical (unpaired) electrons. The third kappa shape index (κ3) is 3.32. The van der Waals surface area contributed by atoms with Gasteiger partial charge in [-0.15, -0.1) is 12.3 Å². The van der Waals surface area contributed by atoms with Gasteiger partial charge in [0.2, 0.25) is 0 Å². The first kappa shape index (κ1) is 12.1. The molecule has 1 aromatic rings. The number of benzene rings is 1. The summed E-state index contributed by atoms with van der Waals surface area (Å²) in [6.07, 6.45) is 5.67. The quantitative estimate of drug-likeness (QED) is 0.583. The lowest BCUT2D eigenvalue weighted by atomic mass is 10.1. The van der Waals surface area contributed by atoms with Gasteiger partial charge in [0, 0.05) is 25.2 Å². The van der Waals surface area contributed by atoms with E-state index in [0.29, 0.717) is 18.5 Å². The zero-order valence-electron chi connectivity index (χ0n) is 9.42. The Labute approximate surface area is 96.2 Å². The Bertz CT molecular complexity index is 393. The zero-order chi connectivity index (χ0) is 11.8. The largest absolute Gasteiger partial charge is 0.385 e. The molecule has 1 amide bonds. The summed E-state index contributed by atoms with van der Waals surface area (Å²) in [4.78, 5) is 11.8. The van der Waals surface area contributed by atoms with Gasteiger partial charge in [0.25, 0.3) is 5.91 Å². The predicted octanol–water partition coefficient (Wildman–Crippen LogP) is 1.87. The second-order valence-electron chi connectivity index (χ2n) is 3.29. The highest BCUT2D eigenvalue weighted by Crippen LogP contribution is 2.14. The molecule has 0 aliphatic rings. The van der Waals surface area contributed by atoms with E-state index in [9.17, 15) is 4.79 Å². The van der Waals surface area contributed by atoms with Gasteiger partial charge in [-0.05, 0) is 19.1 Å². The minimum atomic E-state index is -0.0909. The summed E-state index contributed by atoms with van der Waals surface area (Å²) in [5.74, 6) is 2.39. The Hall–Kier alpha value is -1.95. The molecule has 0 unspecified atom stereocenters. The molecule has 0 atom stereocenters. The van der Waals surface area contributed by atoms with Crippen LogP contribution in [-0.2, 0) is 0 Å². The van der Waals surface area contributed by atoms with Crippen LogP contribution in [0.2, 0.25) is 0 Å². The highest BCUT2D eigenvalue weighted by atomic mass is 16.1. The van der Waals surface area contributed by atoms with Gasteiger partial charge < -0.3 is 10.6 Å². The van der Waals surface area contributed by atoms with E-state index in [0.717, 1.165) is 12.2 Å². The highest BCUT2D eigenvalue weighted by Gasteiger charge is 2.08. The predicted molar refractivity (Wildman–Crippen MR) is 66.4 cm³/mol. The molecule has 0 saturated carbocycles. The average Bonchev–Trinajstić information content (AvgIpc) is 2.30. The van der Waals surface area contributed by atoms with E-state index < -0.39 is 0 Å². The Morgan fingerprint density at radius 3 is 2.88 bits per heavy atom. The third-order valence-corrected chi connectivity index (χ3v) is 2.09. The molecular weight excluding hydrogens is 200 g/mol. The summed E-state index contributed by atoms with van der Waals surface area (Å²) in [7, 11) is 0. The normalized spacial score (nSPS) is 9.25. The van der Waals surface area contributed by atoms with Crippen molar-refractivity contribution in [3.05, 3.63) is 29.8 Å². The second kappa shape index (κ2) is 6.52. The molecule has 0 aromatic heterocycles. The smallest absolute Gasteiger partial charge is 0.253 e. The van der Waals surface area contributed by atoms with Crippen LogP contribution in [0.5, 0.6) is 0 Å². The van der Waals surface area contributed by atoms with E-state index in [1.807, 2.05) is 25.1 Å². The summed E-state index contributed by atoms with van der Waals surface area (Å²) in [6.45, 7) is 3.29. The molecule has 3 nitrogen and oxygen atoms in total. The summed E-state index contributed by atoms with van der Waals surface area (Å²) in [6, 6.07) is 7.43. The number of rotatable bonds is 5. The molecule has 1 rings (SSSR count). The molecule has 0 heterocycles. The first-order chi connectivity index (χ1) is 7.79.